The molecule has 0 atom stereocenters. The molecule has 1 aromatic heterocycles. The summed E-state index contributed by atoms with van der Waals surface area (Å²) in [5.41, 5.74) is 5.85. The van der Waals surface area contributed by atoms with E-state index in [1.165, 1.54) is 22.5 Å². The maximum atomic E-state index is 12.7. The second kappa shape index (κ2) is 9.30. The van der Waals surface area contributed by atoms with E-state index in [0.717, 1.165) is 25.2 Å². The van der Waals surface area contributed by atoms with E-state index >= 15 is 0 Å². The first kappa shape index (κ1) is 21.0. The Labute approximate surface area is 196 Å². The number of carbonyl (C=O) groups excluding carboxylic acids is 2. The molecule has 1 aliphatic heterocycles. The van der Waals surface area contributed by atoms with Crippen LogP contribution in [0.4, 0.5) is 17.1 Å². The summed E-state index contributed by atoms with van der Waals surface area (Å²) in [6.45, 7) is 1.86. The fourth-order valence-electron chi connectivity index (χ4n) is 3.98. The molecule has 0 spiro atoms. The van der Waals surface area contributed by atoms with Crippen molar-refractivity contribution in [2.24, 2.45) is 0 Å². The van der Waals surface area contributed by atoms with Crippen LogP contribution in [0, 0.1) is 0 Å². The molecular weight excluding hydrogens is 430 g/mol. The maximum Gasteiger partial charge on any atom is 0.265 e. The van der Waals surface area contributed by atoms with Crippen LogP contribution in [0.2, 0.25) is 0 Å². The minimum Gasteiger partial charge on any atom is -0.367 e. The number of thiophene rings is 1. The predicted molar refractivity (Wildman–Crippen MR) is 134 cm³/mol. The Bertz CT molecular complexity index is 1270. The molecule has 2 heterocycles. The largest absolute Gasteiger partial charge is 0.367 e. The average Bonchev–Trinajstić information content (AvgIpc) is 3.40. The number of benzene rings is 3. The van der Waals surface area contributed by atoms with Crippen LogP contribution in [-0.4, -0.2) is 18.4 Å². The van der Waals surface area contributed by atoms with Gasteiger partial charge in [-0.2, -0.15) is 0 Å². The van der Waals surface area contributed by atoms with Crippen LogP contribution in [0.15, 0.2) is 90.3 Å². The van der Waals surface area contributed by atoms with E-state index in [4.69, 9.17) is 0 Å². The summed E-state index contributed by atoms with van der Waals surface area (Å²) in [4.78, 5) is 27.8. The molecule has 0 saturated carbocycles. The predicted octanol–water partition coefficient (Wildman–Crippen LogP) is 5.82. The molecule has 164 valence electrons. The van der Waals surface area contributed by atoms with Gasteiger partial charge in [-0.15, -0.1) is 11.3 Å². The molecular formula is C27H23N3O2S. The fraction of sp³-hybridized carbons (Fsp3) is 0.111. The van der Waals surface area contributed by atoms with Gasteiger partial charge >= 0.3 is 0 Å². The maximum absolute atomic E-state index is 12.7. The number of nitrogens with zero attached hydrogens (tertiary/aromatic N) is 1. The molecule has 0 aliphatic carbocycles. The van der Waals surface area contributed by atoms with Crippen LogP contribution < -0.4 is 15.5 Å². The Morgan fingerprint density at radius 2 is 1.39 bits per heavy atom. The first-order valence-corrected chi connectivity index (χ1v) is 11.7. The van der Waals surface area contributed by atoms with Crippen LogP contribution in [0.5, 0.6) is 0 Å². The van der Waals surface area contributed by atoms with Crippen molar-refractivity contribution in [3.05, 3.63) is 112 Å². The second-order valence-electron chi connectivity index (χ2n) is 7.95. The van der Waals surface area contributed by atoms with Crippen LogP contribution in [0.3, 0.4) is 0 Å². The SMILES string of the molecule is O=C(Nc1ccc(NC(=O)c2cccs2)cc1)c1ccc(N2CCc3ccccc3C2)cc1. The lowest BCUT2D eigenvalue weighted by molar-refractivity contribution is 0.102. The van der Waals surface area contributed by atoms with Gasteiger partial charge in [-0.1, -0.05) is 30.3 Å². The van der Waals surface area contributed by atoms with Gasteiger partial charge in [-0.05, 0) is 77.5 Å². The Morgan fingerprint density at radius 3 is 2.06 bits per heavy atom. The number of carbonyl (C=O) groups is 2. The summed E-state index contributed by atoms with van der Waals surface area (Å²) < 4.78 is 0. The van der Waals surface area contributed by atoms with Gasteiger partial charge in [0.05, 0.1) is 4.88 Å². The van der Waals surface area contributed by atoms with E-state index in [2.05, 4.69) is 39.8 Å². The molecule has 0 radical (unpaired) electrons. The molecule has 6 heteroatoms. The number of anilines is 3. The van der Waals surface area contributed by atoms with Gasteiger partial charge in [0.15, 0.2) is 0 Å². The van der Waals surface area contributed by atoms with E-state index in [9.17, 15) is 9.59 Å². The molecule has 0 bridgehead atoms. The Morgan fingerprint density at radius 1 is 0.727 bits per heavy atom. The summed E-state index contributed by atoms with van der Waals surface area (Å²) in [5.74, 6) is -0.306. The third-order valence-electron chi connectivity index (χ3n) is 5.77. The number of fused-ring (bicyclic) bond motifs is 1. The number of hydrogen-bond acceptors (Lipinski definition) is 4. The summed E-state index contributed by atoms with van der Waals surface area (Å²) in [7, 11) is 0. The van der Waals surface area contributed by atoms with Crippen molar-refractivity contribution in [2.45, 2.75) is 13.0 Å². The van der Waals surface area contributed by atoms with E-state index < -0.39 is 0 Å². The Hall–Kier alpha value is -3.90. The summed E-state index contributed by atoms with van der Waals surface area (Å²) in [6, 6.07) is 27.0. The van der Waals surface area contributed by atoms with E-state index in [1.807, 2.05) is 35.7 Å². The van der Waals surface area contributed by atoms with Crippen molar-refractivity contribution in [1.29, 1.82) is 0 Å². The number of rotatable bonds is 5. The molecule has 2 N–H and O–H groups in total. The normalized spacial score (nSPS) is 12.7. The highest BCUT2D eigenvalue weighted by Crippen LogP contribution is 2.25. The molecule has 0 fully saturated rings. The lowest BCUT2D eigenvalue weighted by Gasteiger charge is -2.30. The van der Waals surface area contributed by atoms with Crippen LogP contribution in [-0.2, 0) is 13.0 Å². The minimum absolute atomic E-state index is 0.140. The van der Waals surface area contributed by atoms with Gasteiger partial charge in [0.25, 0.3) is 11.8 Å². The van der Waals surface area contributed by atoms with Crippen molar-refractivity contribution in [1.82, 2.24) is 0 Å². The third-order valence-corrected chi connectivity index (χ3v) is 6.64. The number of hydrogen-bond donors (Lipinski definition) is 2. The average molecular weight is 454 g/mol. The van der Waals surface area contributed by atoms with Crippen LogP contribution in [0.1, 0.15) is 31.2 Å². The van der Waals surface area contributed by atoms with Crippen molar-refractivity contribution in [3.63, 3.8) is 0 Å². The van der Waals surface area contributed by atoms with Crippen molar-refractivity contribution < 1.29 is 9.59 Å². The molecule has 1 aliphatic rings. The zero-order valence-corrected chi connectivity index (χ0v) is 18.8. The topological polar surface area (TPSA) is 61.4 Å². The molecule has 5 rings (SSSR count). The first-order valence-electron chi connectivity index (χ1n) is 10.8. The highest BCUT2D eigenvalue weighted by Gasteiger charge is 2.16. The van der Waals surface area contributed by atoms with Crippen LogP contribution in [0.25, 0.3) is 0 Å². The fourth-order valence-corrected chi connectivity index (χ4v) is 4.60. The van der Waals surface area contributed by atoms with Gasteiger partial charge in [0.1, 0.15) is 0 Å². The van der Waals surface area contributed by atoms with Crippen LogP contribution >= 0.6 is 11.3 Å². The Kier molecular flexibility index (Phi) is 5.91. The Balaban J connectivity index is 1.19. The standard InChI is InChI=1S/C27H23N3O2S/c31-26(28-22-9-11-23(12-10-22)29-27(32)25-6-3-17-33-25)20-7-13-24(14-8-20)30-16-15-19-4-1-2-5-21(19)18-30/h1-14,17H,15-16,18H2,(H,28,31)(H,29,32). The third kappa shape index (κ3) is 4.81. The lowest BCUT2D eigenvalue weighted by atomic mass is 9.99. The molecule has 4 aromatic rings. The second-order valence-corrected chi connectivity index (χ2v) is 8.90. The zero-order chi connectivity index (χ0) is 22.6. The van der Waals surface area contributed by atoms with Gasteiger partial charge in [-0.25, -0.2) is 0 Å². The van der Waals surface area contributed by atoms with E-state index in [-0.39, 0.29) is 11.8 Å². The van der Waals surface area contributed by atoms with Crippen molar-refractivity contribution >= 4 is 40.2 Å². The summed E-state index contributed by atoms with van der Waals surface area (Å²) in [5, 5.41) is 7.64. The van der Waals surface area contributed by atoms with Gasteiger partial charge in [-0.3, -0.25) is 9.59 Å². The molecule has 33 heavy (non-hydrogen) atoms. The van der Waals surface area contributed by atoms with Gasteiger partial charge in [0.2, 0.25) is 0 Å². The quantitative estimate of drug-likeness (QED) is 0.401. The lowest BCUT2D eigenvalue weighted by Crippen LogP contribution is -2.30. The number of amides is 2. The number of nitrogens with one attached hydrogen (secondary N) is 2. The van der Waals surface area contributed by atoms with Crippen molar-refractivity contribution in [2.75, 3.05) is 22.1 Å². The van der Waals surface area contributed by atoms with Crippen molar-refractivity contribution in [3.8, 4) is 0 Å². The molecule has 0 unspecified atom stereocenters. The molecule has 5 nitrogen and oxygen atoms in total. The van der Waals surface area contributed by atoms with E-state index in [1.54, 1.807) is 30.3 Å². The van der Waals surface area contributed by atoms with Gasteiger partial charge < -0.3 is 15.5 Å². The highest BCUT2D eigenvalue weighted by molar-refractivity contribution is 7.12. The molecule has 0 saturated heterocycles. The van der Waals surface area contributed by atoms with Gasteiger partial charge in [0, 0.05) is 35.7 Å². The summed E-state index contributed by atoms with van der Waals surface area (Å²) >= 11 is 1.39. The molecule has 3 aromatic carbocycles. The van der Waals surface area contributed by atoms with E-state index in [0.29, 0.717) is 21.8 Å². The monoisotopic (exact) mass is 453 g/mol. The minimum atomic E-state index is -0.166. The summed E-state index contributed by atoms with van der Waals surface area (Å²) in [6.07, 6.45) is 1.03. The first-order chi connectivity index (χ1) is 16.2. The zero-order valence-electron chi connectivity index (χ0n) is 18.0. The molecule has 2 amide bonds. The smallest absolute Gasteiger partial charge is 0.265 e. The highest BCUT2D eigenvalue weighted by atomic mass is 32.1.